The number of aromatic nitrogens is 2. The molecule has 5 rings (SSSR count). The van der Waals surface area contributed by atoms with Gasteiger partial charge in [-0.3, -0.25) is 9.36 Å². The van der Waals surface area contributed by atoms with Crippen LogP contribution in [0.4, 0.5) is 4.39 Å². The topological polar surface area (TPSA) is 34.9 Å². The van der Waals surface area contributed by atoms with Crippen LogP contribution in [-0.4, -0.2) is 9.55 Å². The molecule has 3 nitrogen and oxygen atoms in total. The molecule has 0 unspecified atom stereocenters. The van der Waals surface area contributed by atoms with E-state index in [-0.39, 0.29) is 17.9 Å². The molecule has 2 aromatic carbocycles. The second-order valence-corrected chi connectivity index (χ2v) is 8.78. The average Bonchev–Trinajstić information content (AvgIpc) is 3.10. The van der Waals surface area contributed by atoms with Gasteiger partial charge in [-0.1, -0.05) is 41.9 Å². The molecule has 0 bridgehead atoms. The molecule has 146 valence electrons. The zero-order chi connectivity index (χ0) is 20.0. The Balaban J connectivity index is 1.81. The van der Waals surface area contributed by atoms with Crippen LogP contribution in [0.2, 0.25) is 5.02 Å². The van der Waals surface area contributed by atoms with Gasteiger partial charge < -0.3 is 0 Å². The molecule has 0 N–H and O–H groups in total. The fraction of sp³-hybridized carbons (Fsp3) is 0.217. The summed E-state index contributed by atoms with van der Waals surface area (Å²) in [6, 6.07) is 13.9. The summed E-state index contributed by atoms with van der Waals surface area (Å²) >= 11 is 8.05. The monoisotopic (exact) mass is 424 g/mol. The predicted molar refractivity (Wildman–Crippen MR) is 116 cm³/mol. The van der Waals surface area contributed by atoms with Gasteiger partial charge in [-0.05, 0) is 49.4 Å². The summed E-state index contributed by atoms with van der Waals surface area (Å²) in [5.74, 6) is 0.145. The quantitative estimate of drug-likeness (QED) is 0.413. The van der Waals surface area contributed by atoms with Gasteiger partial charge in [0.1, 0.15) is 16.5 Å². The fourth-order valence-electron chi connectivity index (χ4n) is 4.03. The van der Waals surface area contributed by atoms with Crippen LogP contribution in [0.3, 0.4) is 0 Å². The van der Waals surface area contributed by atoms with E-state index in [0.29, 0.717) is 27.4 Å². The van der Waals surface area contributed by atoms with E-state index in [1.54, 1.807) is 40.2 Å². The molecule has 2 heterocycles. The zero-order valence-electron chi connectivity index (χ0n) is 15.6. The predicted octanol–water partition coefficient (Wildman–Crippen LogP) is 5.84. The maximum absolute atomic E-state index is 14.4. The number of thiophene rings is 1. The standard InChI is InChI=1S/C23H18ClFN2OS/c24-17-10-4-2-8-15(17)21-26-22-20(16-9-3-6-12-19(16)29-22)23(28)27(21)13-14-7-1-5-11-18(14)25/h1-2,4-5,7-8,10-11H,3,6,9,12-13H2. The first-order valence-electron chi connectivity index (χ1n) is 9.67. The first-order chi connectivity index (χ1) is 14.1. The summed E-state index contributed by atoms with van der Waals surface area (Å²) in [5.41, 5.74) is 2.14. The minimum atomic E-state index is -0.336. The lowest BCUT2D eigenvalue weighted by Crippen LogP contribution is -2.25. The Hall–Kier alpha value is -2.50. The van der Waals surface area contributed by atoms with Crippen molar-refractivity contribution in [3.8, 4) is 11.4 Å². The van der Waals surface area contributed by atoms with Gasteiger partial charge in [0.25, 0.3) is 5.56 Å². The molecular formula is C23H18ClFN2OS. The molecular weight excluding hydrogens is 407 g/mol. The van der Waals surface area contributed by atoms with E-state index in [0.717, 1.165) is 36.1 Å². The van der Waals surface area contributed by atoms with Gasteiger partial charge in [0.15, 0.2) is 0 Å². The van der Waals surface area contributed by atoms with Crippen LogP contribution in [0.5, 0.6) is 0 Å². The SMILES string of the molecule is O=c1c2c3c(sc2nc(-c2ccccc2Cl)n1Cc1ccccc1F)CCCC3. The number of hydrogen-bond acceptors (Lipinski definition) is 3. The Morgan fingerprint density at radius 1 is 1.07 bits per heavy atom. The van der Waals surface area contributed by atoms with Gasteiger partial charge in [-0.2, -0.15) is 0 Å². The van der Waals surface area contributed by atoms with Crippen molar-refractivity contribution < 1.29 is 4.39 Å². The summed E-state index contributed by atoms with van der Waals surface area (Å²) in [6.07, 6.45) is 4.11. The number of halogens is 2. The Labute approximate surface area is 176 Å². The van der Waals surface area contributed by atoms with E-state index >= 15 is 0 Å². The maximum Gasteiger partial charge on any atom is 0.263 e. The minimum absolute atomic E-state index is 0.111. The molecule has 2 aromatic heterocycles. The Morgan fingerprint density at radius 3 is 2.66 bits per heavy atom. The fourth-order valence-corrected chi connectivity index (χ4v) is 5.50. The van der Waals surface area contributed by atoms with E-state index in [4.69, 9.17) is 16.6 Å². The molecule has 0 fully saturated rings. The highest BCUT2D eigenvalue weighted by Crippen LogP contribution is 2.36. The van der Waals surface area contributed by atoms with Crippen LogP contribution < -0.4 is 5.56 Å². The number of fused-ring (bicyclic) bond motifs is 3. The van der Waals surface area contributed by atoms with Crippen molar-refractivity contribution in [3.05, 3.63) is 85.7 Å². The molecule has 0 saturated carbocycles. The highest BCUT2D eigenvalue weighted by molar-refractivity contribution is 7.18. The third-order valence-electron chi connectivity index (χ3n) is 5.48. The van der Waals surface area contributed by atoms with E-state index in [2.05, 4.69) is 0 Å². The number of benzene rings is 2. The summed E-state index contributed by atoms with van der Waals surface area (Å²) < 4.78 is 16.0. The van der Waals surface area contributed by atoms with Crippen LogP contribution in [0.15, 0.2) is 53.3 Å². The molecule has 0 saturated heterocycles. The average molecular weight is 425 g/mol. The number of aryl methyl sites for hydroxylation is 2. The second kappa shape index (κ2) is 7.39. The maximum atomic E-state index is 14.4. The molecule has 0 amide bonds. The van der Waals surface area contributed by atoms with Crippen LogP contribution in [0.1, 0.15) is 28.8 Å². The lowest BCUT2D eigenvalue weighted by Gasteiger charge is -2.15. The van der Waals surface area contributed by atoms with Gasteiger partial charge in [0.2, 0.25) is 0 Å². The molecule has 1 aliphatic carbocycles. The molecule has 4 aromatic rings. The Morgan fingerprint density at radius 2 is 1.83 bits per heavy atom. The lowest BCUT2D eigenvalue weighted by atomic mass is 9.97. The van der Waals surface area contributed by atoms with Gasteiger partial charge in [0.05, 0.1) is 17.0 Å². The largest absolute Gasteiger partial charge is 0.287 e. The van der Waals surface area contributed by atoms with E-state index in [1.807, 2.05) is 18.2 Å². The lowest BCUT2D eigenvalue weighted by molar-refractivity contribution is 0.596. The molecule has 0 aliphatic heterocycles. The van der Waals surface area contributed by atoms with Crippen LogP contribution in [-0.2, 0) is 19.4 Å². The second-order valence-electron chi connectivity index (χ2n) is 7.29. The highest BCUT2D eigenvalue weighted by atomic mass is 35.5. The molecule has 1 aliphatic rings. The normalized spacial score (nSPS) is 13.6. The van der Waals surface area contributed by atoms with Gasteiger partial charge in [0, 0.05) is 16.0 Å². The van der Waals surface area contributed by atoms with Crippen LogP contribution in [0.25, 0.3) is 21.6 Å². The molecule has 0 atom stereocenters. The van der Waals surface area contributed by atoms with Crippen molar-refractivity contribution >= 4 is 33.2 Å². The van der Waals surface area contributed by atoms with E-state index in [1.165, 1.54) is 10.9 Å². The molecule has 6 heteroatoms. The summed E-state index contributed by atoms with van der Waals surface area (Å²) in [4.78, 5) is 20.5. The Kier molecular flexibility index (Phi) is 4.72. The first-order valence-corrected chi connectivity index (χ1v) is 10.9. The van der Waals surface area contributed by atoms with Crippen molar-refractivity contribution in [2.75, 3.05) is 0 Å². The summed E-state index contributed by atoms with van der Waals surface area (Å²) in [5, 5.41) is 1.21. The van der Waals surface area contributed by atoms with E-state index < -0.39 is 0 Å². The first kappa shape index (κ1) is 18.5. The summed E-state index contributed by atoms with van der Waals surface area (Å²) in [6.45, 7) is 0.111. The van der Waals surface area contributed by atoms with Gasteiger partial charge in [-0.25, -0.2) is 9.37 Å². The Bertz CT molecular complexity index is 1290. The number of rotatable bonds is 3. The van der Waals surface area contributed by atoms with Crippen molar-refractivity contribution in [2.45, 2.75) is 32.2 Å². The van der Waals surface area contributed by atoms with Crippen LogP contribution in [0, 0.1) is 5.82 Å². The van der Waals surface area contributed by atoms with Gasteiger partial charge in [-0.15, -0.1) is 11.3 Å². The van der Waals surface area contributed by atoms with Crippen LogP contribution >= 0.6 is 22.9 Å². The number of nitrogens with zero attached hydrogens (tertiary/aromatic N) is 2. The van der Waals surface area contributed by atoms with Crippen molar-refractivity contribution in [1.29, 1.82) is 0 Å². The summed E-state index contributed by atoms with van der Waals surface area (Å²) in [7, 11) is 0. The molecule has 0 radical (unpaired) electrons. The number of hydrogen-bond donors (Lipinski definition) is 0. The van der Waals surface area contributed by atoms with Crippen molar-refractivity contribution in [2.24, 2.45) is 0 Å². The molecule has 29 heavy (non-hydrogen) atoms. The smallest absolute Gasteiger partial charge is 0.263 e. The van der Waals surface area contributed by atoms with E-state index in [9.17, 15) is 9.18 Å². The zero-order valence-corrected chi connectivity index (χ0v) is 17.2. The van der Waals surface area contributed by atoms with Crippen molar-refractivity contribution in [1.82, 2.24) is 9.55 Å². The third kappa shape index (κ3) is 3.18. The van der Waals surface area contributed by atoms with Crippen molar-refractivity contribution in [3.63, 3.8) is 0 Å². The van der Waals surface area contributed by atoms with Gasteiger partial charge >= 0.3 is 0 Å². The highest BCUT2D eigenvalue weighted by Gasteiger charge is 2.23. The third-order valence-corrected chi connectivity index (χ3v) is 6.99. The minimum Gasteiger partial charge on any atom is -0.287 e. The molecule has 0 spiro atoms.